The number of carbonyl (C=O) groups excluding carboxylic acids is 1. The Labute approximate surface area is 100 Å². The molecule has 1 aliphatic rings. The van der Waals surface area contributed by atoms with Gasteiger partial charge < -0.3 is 15.7 Å². The summed E-state index contributed by atoms with van der Waals surface area (Å²) in [6.07, 6.45) is 4.64. The Kier molecular flexibility index (Phi) is 3.33. The molecule has 94 valence electrons. The number of nitrogens with zero attached hydrogens (tertiary/aromatic N) is 3. The number of nitrogen functional groups attached to an aromatic ring is 1. The molecule has 1 amide bonds. The summed E-state index contributed by atoms with van der Waals surface area (Å²) in [5, 5.41) is 13.0. The number of hydrogen-bond acceptors (Lipinski definition) is 4. The molecule has 1 heterocycles. The predicted molar refractivity (Wildman–Crippen MR) is 63.4 cm³/mol. The molecule has 2 rings (SSSR count). The molecule has 0 aromatic carbocycles. The van der Waals surface area contributed by atoms with E-state index in [-0.39, 0.29) is 18.6 Å². The maximum Gasteiger partial charge on any atom is 0.259 e. The summed E-state index contributed by atoms with van der Waals surface area (Å²) in [4.78, 5) is 14.0. The van der Waals surface area contributed by atoms with Gasteiger partial charge in [-0.15, -0.1) is 0 Å². The highest BCUT2D eigenvalue weighted by Gasteiger charge is 2.30. The van der Waals surface area contributed by atoms with Crippen LogP contribution in [0.2, 0.25) is 0 Å². The molecule has 0 bridgehead atoms. The van der Waals surface area contributed by atoms with Crippen molar-refractivity contribution in [2.24, 2.45) is 7.05 Å². The Morgan fingerprint density at radius 1 is 1.71 bits per heavy atom. The van der Waals surface area contributed by atoms with Crippen LogP contribution in [0.1, 0.15) is 29.6 Å². The lowest BCUT2D eigenvalue weighted by atomic mass is 9.91. The second-order valence-corrected chi connectivity index (χ2v) is 4.37. The van der Waals surface area contributed by atoms with E-state index >= 15 is 0 Å². The van der Waals surface area contributed by atoms with Crippen molar-refractivity contribution in [3.05, 3.63) is 11.8 Å². The quantitative estimate of drug-likeness (QED) is 0.772. The minimum absolute atomic E-state index is 0.0254. The molecular formula is C11H18N4O2. The Morgan fingerprint density at radius 2 is 2.41 bits per heavy atom. The van der Waals surface area contributed by atoms with Crippen molar-refractivity contribution in [3.8, 4) is 0 Å². The van der Waals surface area contributed by atoms with E-state index in [4.69, 9.17) is 10.8 Å². The number of amides is 1. The summed E-state index contributed by atoms with van der Waals surface area (Å²) < 4.78 is 1.48. The number of anilines is 1. The van der Waals surface area contributed by atoms with Gasteiger partial charge >= 0.3 is 0 Å². The summed E-state index contributed by atoms with van der Waals surface area (Å²) in [7, 11) is 1.70. The van der Waals surface area contributed by atoms with E-state index in [0.29, 0.717) is 17.9 Å². The van der Waals surface area contributed by atoms with Crippen molar-refractivity contribution in [3.63, 3.8) is 0 Å². The zero-order valence-electron chi connectivity index (χ0n) is 9.96. The van der Waals surface area contributed by atoms with Crippen LogP contribution in [0.25, 0.3) is 0 Å². The van der Waals surface area contributed by atoms with Crippen LogP contribution in [0.15, 0.2) is 6.20 Å². The average molecular weight is 238 g/mol. The number of carbonyl (C=O) groups is 1. The van der Waals surface area contributed by atoms with Gasteiger partial charge in [0, 0.05) is 19.6 Å². The molecule has 1 saturated carbocycles. The van der Waals surface area contributed by atoms with Crippen LogP contribution in [-0.4, -0.2) is 44.9 Å². The van der Waals surface area contributed by atoms with Gasteiger partial charge in [-0.3, -0.25) is 9.48 Å². The van der Waals surface area contributed by atoms with Gasteiger partial charge in [-0.1, -0.05) is 0 Å². The first-order valence-corrected chi connectivity index (χ1v) is 5.84. The molecule has 0 atom stereocenters. The topological polar surface area (TPSA) is 84.4 Å². The summed E-state index contributed by atoms with van der Waals surface area (Å²) in [5.74, 6) is 0.242. The zero-order chi connectivity index (χ0) is 12.4. The Morgan fingerprint density at radius 3 is 2.82 bits per heavy atom. The lowest BCUT2D eigenvalue weighted by molar-refractivity contribution is 0.0527. The molecular weight excluding hydrogens is 220 g/mol. The molecule has 0 spiro atoms. The van der Waals surface area contributed by atoms with Crippen LogP contribution < -0.4 is 5.73 Å². The molecule has 3 N–H and O–H groups in total. The SMILES string of the molecule is Cn1ncc(C(=O)N(CCO)C2CCC2)c1N. The molecule has 6 heteroatoms. The smallest absolute Gasteiger partial charge is 0.259 e. The van der Waals surface area contributed by atoms with Crippen molar-refractivity contribution in [2.75, 3.05) is 18.9 Å². The fraction of sp³-hybridized carbons (Fsp3) is 0.636. The first-order valence-electron chi connectivity index (χ1n) is 5.84. The third-order valence-electron chi connectivity index (χ3n) is 3.33. The van der Waals surface area contributed by atoms with E-state index in [1.54, 1.807) is 11.9 Å². The molecule has 17 heavy (non-hydrogen) atoms. The van der Waals surface area contributed by atoms with Crippen LogP contribution in [0, 0.1) is 0 Å². The Bertz CT molecular complexity index is 412. The van der Waals surface area contributed by atoms with E-state index < -0.39 is 0 Å². The minimum atomic E-state index is -0.130. The molecule has 6 nitrogen and oxygen atoms in total. The van der Waals surface area contributed by atoms with Gasteiger partial charge in [0.15, 0.2) is 0 Å². The van der Waals surface area contributed by atoms with Gasteiger partial charge in [-0.25, -0.2) is 0 Å². The fourth-order valence-corrected chi connectivity index (χ4v) is 2.02. The van der Waals surface area contributed by atoms with Crippen LogP contribution in [0.3, 0.4) is 0 Å². The highest BCUT2D eigenvalue weighted by atomic mass is 16.3. The number of hydrogen-bond donors (Lipinski definition) is 2. The monoisotopic (exact) mass is 238 g/mol. The molecule has 0 radical (unpaired) electrons. The minimum Gasteiger partial charge on any atom is -0.395 e. The molecule has 0 unspecified atom stereocenters. The van der Waals surface area contributed by atoms with E-state index in [2.05, 4.69) is 5.10 Å². The van der Waals surface area contributed by atoms with Crippen molar-refractivity contribution in [2.45, 2.75) is 25.3 Å². The fourth-order valence-electron chi connectivity index (χ4n) is 2.02. The van der Waals surface area contributed by atoms with Gasteiger partial charge in [0.2, 0.25) is 0 Å². The standard InChI is InChI=1S/C11H18N4O2/c1-14-10(12)9(7-13-14)11(17)15(5-6-16)8-3-2-4-8/h7-8,16H,2-6,12H2,1H3. The largest absolute Gasteiger partial charge is 0.395 e. The second-order valence-electron chi connectivity index (χ2n) is 4.37. The number of aliphatic hydroxyl groups is 1. The lowest BCUT2D eigenvalue weighted by Gasteiger charge is -2.37. The van der Waals surface area contributed by atoms with Crippen molar-refractivity contribution >= 4 is 11.7 Å². The first kappa shape index (κ1) is 11.9. The maximum atomic E-state index is 12.3. The van der Waals surface area contributed by atoms with Crippen LogP contribution >= 0.6 is 0 Å². The number of aliphatic hydroxyl groups excluding tert-OH is 1. The third kappa shape index (κ3) is 2.12. The molecule has 0 aliphatic heterocycles. The van der Waals surface area contributed by atoms with Crippen molar-refractivity contribution in [1.82, 2.24) is 14.7 Å². The zero-order valence-corrected chi connectivity index (χ0v) is 9.96. The molecule has 1 aromatic rings. The molecule has 1 aromatic heterocycles. The number of aromatic nitrogens is 2. The third-order valence-corrected chi connectivity index (χ3v) is 3.33. The van der Waals surface area contributed by atoms with Crippen molar-refractivity contribution in [1.29, 1.82) is 0 Å². The van der Waals surface area contributed by atoms with Crippen LogP contribution in [-0.2, 0) is 7.05 Å². The van der Waals surface area contributed by atoms with E-state index in [1.807, 2.05) is 0 Å². The predicted octanol–water partition coefficient (Wildman–Crippen LogP) is -0.0107. The summed E-state index contributed by atoms with van der Waals surface area (Å²) in [6, 6.07) is 0.245. The first-order chi connectivity index (χ1) is 8.15. The highest BCUT2D eigenvalue weighted by Crippen LogP contribution is 2.26. The maximum absolute atomic E-state index is 12.3. The van der Waals surface area contributed by atoms with E-state index in [9.17, 15) is 4.79 Å². The van der Waals surface area contributed by atoms with Gasteiger partial charge in [0.25, 0.3) is 5.91 Å². The summed E-state index contributed by atoms with van der Waals surface area (Å²) >= 11 is 0. The van der Waals surface area contributed by atoms with Crippen molar-refractivity contribution < 1.29 is 9.90 Å². The Hall–Kier alpha value is -1.56. The highest BCUT2D eigenvalue weighted by molar-refractivity contribution is 5.98. The Balaban J connectivity index is 2.18. The second kappa shape index (κ2) is 4.75. The van der Waals surface area contributed by atoms with Gasteiger partial charge in [-0.05, 0) is 19.3 Å². The molecule has 0 saturated heterocycles. The van der Waals surface area contributed by atoms with Gasteiger partial charge in [0.1, 0.15) is 11.4 Å². The number of rotatable bonds is 4. The number of nitrogens with two attached hydrogens (primary N) is 1. The molecule has 1 aliphatic carbocycles. The van der Waals surface area contributed by atoms with Gasteiger partial charge in [-0.2, -0.15) is 5.10 Å². The average Bonchev–Trinajstić information content (AvgIpc) is 2.56. The molecule has 1 fully saturated rings. The lowest BCUT2D eigenvalue weighted by Crippen LogP contribution is -2.45. The van der Waals surface area contributed by atoms with E-state index in [1.165, 1.54) is 10.9 Å². The summed E-state index contributed by atoms with van der Waals surface area (Å²) in [6.45, 7) is 0.334. The van der Waals surface area contributed by atoms with Crippen LogP contribution in [0.5, 0.6) is 0 Å². The van der Waals surface area contributed by atoms with Gasteiger partial charge in [0.05, 0.1) is 12.8 Å². The normalized spacial score (nSPS) is 15.6. The van der Waals surface area contributed by atoms with E-state index in [0.717, 1.165) is 19.3 Å². The summed E-state index contributed by atoms with van der Waals surface area (Å²) in [5.41, 5.74) is 6.21. The van der Waals surface area contributed by atoms with Crippen LogP contribution in [0.4, 0.5) is 5.82 Å². The number of aryl methyl sites for hydroxylation is 1.